The van der Waals surface area contributed by atoms with Crippen LogP contribution in [0.5, 0.6) is 0 Å². The Morgan fingerprint density at radius 1 is 1.09 bits per heavy atom. The van der Waals surface area contributed by atoms with Gasteiger partial charge in [0.05, 0.1) is 17.8 Å². The van der Waals surface area contributed by atoms with Gasteiger partial charge in [0, 0.05) is 30.3 Å². The van der Waals surface area contributed by atoms with Gasteiger partial charge in [-0.3, -0.25) is 9.97 Å². The molecule has 0 aliphatic heterocycles. The summed E-state index contributed by atoms with van der Waals surface area (Å²) in [6.45, 7) is 7.61. The second-order valence-electron chi connectivity index (χ2n) is 7.94. The molecule has 0 bridgehead atoms. The van der Waals surface area contributed by atoms with Crippen molar-refractivity contribution in [3.05, 3.63) is 82.2 Å². The molecule has 160 valence electrons. The summed E-state index contributed by atoms with van der Waals surface area (Å²) in [6, 6.07) is 12.3. The van der Waals surface area contributed by atoms with E-state index < -0.39 is 0 Å². The van der Waals surface area contributed by atoms with Gasteiger partial charge in [-0.25, -0.2) is 9.83 Å². The lowest BCUT2D eigenvalue weighted by atomic mass is 9.82. The molecule has 4 rings (SSSR count). The number of anilines is 1. The number of hydrogen-bond acceptors (Lipinski definition) is 6. The molecule has 0 saturated heterocycles. The van der Waals surface area contributed by atoms with Crippen LogP contribution in [0.3, 0.4) is 0 Å². The highest BCUT2D eigenvalue weighted by Gasteiger charge is 2.27. The molecular weight excluding hydrogens is 416 g/mol. The Bertz CT molecular complexity index is 1170. The van der Waals surface area contributed by atoms with Crippen LogP contribution in [-0.2, 0) is 12.2 Å². The van der Waals surface area contributed by atoms with Crippen molar-refractivity contribution in [3.8, 4) is 6.07 Å². The van der Waals surface area contributed by atoms with E-state index in [1.165, 1.54) is 18.2 Å². The fourth-order valence-electron chi connectivity index (χ4n) is 4.27. The molecule has 0 atom stereocenters. The summed E-state index contributed by atoms with van der Waals surface area (Å²) in [5.41, 5.74) is 10.9. The first kappa shape index (κ1) is 21.8. The van der Waals surface area contributed by atoms with Crippen molar-refractivity contribution in [3.63, 3.8) is 0 Å². The van der Waals surface area contributed by atoms with Gasteiger partial charge in [-0.1, -0.05) is 37.1 Å². The summed E-state index contributed by atoms with van der Waals surface area (Å²) in [4.78, 5) is 16.9. The highest BCUT2D eigenvalue weighted by molar-refractivity contribution is 7.98. The third kappa shape index (κ3) is 4.90. The van der Waals surface area contributed by atoms with E-state index in [2.05, 4.69) is 20.9 Å². The number of nitriles is 1. The second kappa shape index (κ2) is 10.3. The number of nitrogen functional groups attached to an aromatic ring is 1. The molecule has 32 heavy (non-hydrogen) atoms. The molecule has 1 fully saturated rings. The van der Waals surface area contributed by atoms with E-state index in [0.717, 1.165) is 54.6 Å². The zero-order valence-corrected chi connectivity index (χ0v) is 18.6. The SMILES string of the molecule is [C-]#[N+]c1c(N)nc(SCc2cccc(Cc3ccncc3)n2)c(C#N)c1C1CCCCC1. The van der Waals surface area contributed by atoms with Crippen LogP contribution in [0.2, 0.25) is 0 Å². The van der Waals surface area contributed by atoms with Gasteiger partial charge in [0.2, 0.25) is 5.69 Å². The standard InChI is InChI=1S/C25H24N6S/c1-28-23-22(18-6-3-2-4-7-18)21(15-26)25(31-24(23)27)32-16-20-9-5-8-19(30-20)14-17-10-12-29-13-11-17/h5,8-13,18H,2-4,6-7,14,16H2,(H2,27,31). The number of hydrogen-bond donors (Lipinski definition) is 1. The second-order valence-corrected chi connectivity index (χ2v) is 8.90. The lowest BCUT2D eigenvalue weighted by Crippen LogP contribution is -2.10. The smallest absolute Gasteiger partial charge is 0.232 e. The average molecular weight is 441 g/mol. The van der Waals surface area contributed by atoms with E-state index in [9.17, 15) is 5.26 Å². The monoisotopic (exact) mass is 440 g/mol. The molecule has 6 nitrogen and oxygen atoms in total. The summed E-state index contributed by atoms with van der Waals surface area (Å²) in [6.07, 6.45) is 9.72. The van der Waals surface area contributed by atoms with Gasteiger partial charge in [-0.05, 0) is 54.2 Å². The zero-order chi connectivity index (χ0) is 22.3. The number of nitrogens with zero attached hydrogens (tertiary/aromatic N) is 5. The summed E-state index contributed by atoms with van der Waals surface area (Å²) in [7, 11) is 0. The van der Waals surface area contributed by atoms with Gasteiger partial charge in [0.25, 0.3) is 0 Å². The largest absolute Gasteiger partial charge is 0.392 e. The molecule has 0 amide bonds. The average Bonchev–Trinajstić information content (AvgIpc) is 2.83. The third-order valence-corrected chi connectivity index (χ3v) is 6.80. The number of thioether (sulfide) groups is 1. The molecule has 7 heteroatoms. The minimum absolute atomic E-state index is 0.203. The Kier molecular flexibility index (Phi) is 6.99. The minimum Gasteiger partial charge on any atom is -0.392 e. The first-order valence-electron chi connectivity index (χ1n) is 10.8. The number of aromatic nitrogens is 3. The van der Waals surface area contributed by atoms with E-state index in [1.54, 1.807) is 12.4 Å². The van der Waals surface area contributed by atoms with E-state index in [4.69, 9.17) is 17.3 Å². The molecule has 1 aliphatic rings. The molecule has 3 aromatic heterocycles. The molecule has 2 N–H and O–H groups in total. The fraction of sp³-hybridized carbons (Fsp3) is 0.320. The van der Waals surface area contributed by atoms with Gasteiger partial charge >= 0.3 is 0 Å². The maximum Gasteiger partial charge on any atom is 0.232 e. The Labute approximate surface area is 192 Å². The highest BCUT2D eigenvalue weighted by atomic mass is 32.2. The van der Waals surface area contributed by atoms with Gasteiger partial charge in [-0.2, -0.15) is 5.26 Å². The molecule has 1 saturated carbocycles. The molecule has 0 unspecified atom stereocenters. The van der Waals surface area contributed by atoms with Gasteiger partial charge < -0.3 is 5.73 Å². The van der Waals surface area contributed by atoms with Crippen LogP contribution in [-0.4, -0.2) is 15.0 Å². The normalized spacial score (nSPS) is 13.9. The van der Waals surface area contributed by atoms with E-state index in [-0.39, 0.29) is 11.7 Å². The maximum absolute atomic E-state index is 9.98. The summed E-state index contributed by atoms with van der Waals surface area (Å²) in [5.74, 6) is 1.00. The van der Waals surface area contributed by atoms with Crippen molar-refractivity contribution in [2.45, 2.75) is 55.2 Å². The maximum atomic E-state index is 9.98. The molecule has 3 heterocycles. The Balaban J connectivity index is 1.58. The number of pyridine rings is 3. The van der Waals surface area contributed by atoms with Crippen LogP contribution in [0.1, 0.15) is 66.1 Å². The van der Waals surface area contributed by atoms with Crippen molar-refractivity contribution < 1.29 is 0 Å². The van der Waals surface area contributed by atoms with Crippen molar-refractivity contribution in [1.29, 1.82) is 5.26 Å². The lowest BCUT2D eigenvalue weighted by Gasteiger charge is -2.25. The topological polar surface area (TPSA) is 92.8 Å². The van der Waals surface area contributed by atoms with E-state index in [0.29, 0.717) is 22.0 Å². The first-order valence-corrected chi connectivity index (χ1v) is 11.8. The predicted octanol–water partition coefficient (Wildman–Crippen LogP) is 5.81. The van der Waals surface area contributed by atoms with Crippen LogP contribution >= 0.6 is 11.8 Å². The summed E-state index contributed by atoms with van der Waals surface area (Å²) >= 11 is 1.46. The van der Waals surface area contributed by atoms with Crippen LogP contribution in [0.25, 0.3) is 4.85 Å². The number of nitrogens with two attached hydrogens (primary N) is 1. The van der Waals surface area contributed by atoms with Crippen molar-refractivity contribution in [2.24, 2.45) is 0 Å². The van der Waals surface area contributed by atoms with Crippen molar-refractivity contribution in [2.75, 3.05) is 5.73 Å². The predicted molar refractivity (Wildman–Crippen MR) is 126 cm³/mol. The summed E-state index contributed by atoms with van der Waals surface area (Å²) < 4.78 is 0. The quantitative estimate of drug-likeness (QED) is 0.384. The van der Waals surface area contributed by atoms with Crippen LogP contribution < -0.4 is 5.73 Å². The molecule has 3 aromatic rings. The molecular formula is C25H24N6S. The minimum atomic E-state index is 0.203. The van der Waals surface area contributed by atoms with Crippen LogP contribution in [0.15, 0.2) is 47.8 Å². The first-order chi connectivity index (χ1) is 15.7. The van der Waals surface area contributed by atoms with Crippen LogP contribution in [0, 0.1) is 17.9 Å². The van der Waals surface area contributed by atoms with Gasteiger partial charge in [0.1, 0.15) is 16.9 Å². The highest BCUT2D eigenvalue weighted by Crippen LogP contribution is 2.44. The number of rotatable bonds is 6. The molecule has 0 radical (unpaired) electrons. The van der Waals surface area contributed by atoms with E-state index >= 15 is 0 Å². The molecule has 1 aliphatic carbocycles. The Morgan fingerprint density at radius 3 is 2.56 bits per heavy atom. The fourth-order valence-corrected chi connectivity index (χ4v) is 5.18. The zero-order valence-electron chi connectivity index (χ0n) is 17.8. The van der Waals surface area contributed by atoms with Crippen molar-refractivity contribution in [1.82, 2.24) is 15.0 Å². The third-order valence-electron chi connectivity index (χ3n) is 5.80. The van der Waals surface area contributed by atoms with E-state index in [1.807, 2.05) is 30.3 Å². The lowest BCUT2D eigenvalue weighted by molar-refractivity contribution is 0.443. The van der Waals surface area contributed by atoms with Crippen molar-refractivity contribution >= 4 is 23.3 Å². The molecule has 0 spiro atoms. The Morgan fingerprint density at radius 2 is 1.84 bits per heavy atom. The van der Waals surface area contributed by atoms with Crippen LogP contribution in [0.4, 0.5) is 11.5 Å². The van der Waals surface area contributed by atoms with Gasteiger partial charge in [0.15, 0.2) is 0 Å². The Hall–Kier alpha value is -3.42. The molecule has 0 aromatic carbocycles. The van der Waals surface area contributed by atoms with Gasteiger partial charge in [-0.15, -0.1) is 0 Å². The summed E-state index contributed by atoms with van der Waals surface area (Å²) in [5, 5.41) is 10.6.